The number of carbonyl (C=O) groups is 2. The van der Waals surface area contributed by atoms with Crippen LogP contribution in [0.5, 0.6) is 0 Å². The van der Waals surface area contributed by atoms with Crippen molar-refractivity contribution in [3.8, 4) is 0 Å². The Morgan fingerprint density at radius 3 is 2.15 bits per heavy atom. The van der Waals surface area contributed by atoms with Crippen LogP contribution in [-0.2, 0) is 10.0 Å². The largest absolute Gasteiger partial charge is 0.461 e. The molecule has 0 saturated carbocycles. The number of anilines is 1. The molecule has 0 spiro atoms. The quantitative estimate of drug-likeness (QED) is 0.329. The lowest BCUT2D eigenvalue weighted by atomic mass is 10.1. The Morgan fingerprint density at radius 2 is 1.55 bits per heavy atom. The molecule has 33 heavy (non-hydrogen) atoms. The van der Waals surface area contributed by atoms with Crippen LogP contribution >= 0.6 is 11.6 Å². The summed E-state index contributed by atoms with van der Waals surface area (Å²) in [6.45, 7) is 4.91. The van der Waals surface area contributed by atoms with E-state index in [0.717, 1.165) is 9.87 Å². The second-order valence-electron chi connectivity index (χ2n) is 7.66. The molecule has 4 rings (SSSR count). The van der Waals surface area contributed by atoms with E-state index in [1.165, 1.54) is 55.5 Å². The molecule has 4 aromatic rings. The maximum absolute atomic E-state index is 13.7. The fourth-order valence-electron chi connectivity index (χ4n) is 3.66. The third kappa shape index (κ3) is 4.17. The van der Waals surface area contributed by atoms with E-state index in [2.05, 4.69) is 0 Å². The molecule has 0 aliphatic carbocycles. The molecular formula is C25H20ClNO5S. The zero-order chi connectivity index (χ0) is 23.9. The van der Waals surface area contributed by atoms with Crippen molar-refractivity contribution in [2.75, 3.05) is 4.31 Å². The molecule has 0 unspecified atom stereocenters. The number of furan rings is 1. The van der Waals surface area contributed by atoms with Crippen molar-refractivity contribution in [3.05, 3.63) is 94.2 Å². The van der Waals surface area contributed by atoms with Gasteiger partial charge >= 0.3 is 0 Å². The smallest absolute Gasteiger partial charge is 0.272 e. The molecule has 0 bridgehead atoms. The van der Waals surface area contributed by atoms with Crippen LogP contribution < -0.4 is 4.31 Å². The molecule has 1 heterocycles. The van der Waals surface area contributed by atoms with Crippen LogP contribution in [0, 0.1) is 13.8 Å². The van der Waals surface area contributed by atoms with Gasteiger partial charge in [0.2, 0.25) is 0 Å². The van der Waals surface area contributed by atoms with Crippen LogP contribution in [0.2, 0.25) is 5.02 Å². The first-order valence-electron chi connectivity index (χ1n) is 10.1. The lowest BCUT2D eigenvalue weighted by Gasteiger charge is -2.23. The van der Waals surface area contributed by atoms with E-state index in [9.17, 15) is 18.0 Å². The Bertz CT molecular complexity index is 1490. The van der Waals surface area contributed by atoms with Gasteiger partial charge in [-0.15, -0.1) is 0 Å². The first kappa shape index (κ1) is 22.8. The first-order valence-corrected chi connectivity index (χ1v) is 11.9. The minimum atomic E-state index is -4.29. The van der Waals surface area contributed by atoms with E-state index in [4.69, 9.17) is 16.0 Å². The summed E-state index contributed by atoms with van der Waals surface area (Å²) < 4.78 is 33.7. The highest BCUT2D eigenvalue weighted by Gasteiger charge is 2.32. The number of rotatable bonds is 5. The number of hydrogen-bond donors (Lipinski definition) is 0. The average molecular weight is 482 g/mol. The Balaban J connectivity index is 1.95. The number of nitrogens with zero attached hydrogens (tertiary/aromatic N) is 1. The third-order valence-electron chi connectivity index (χ3n) is 5.27. The fourth-order valence-corrected chi connectivity index (χ4v) is 5.19. The van der Waals surface area contributed by atoms with Crippen LogP contribution in [0.3, 0.4) is 0 Å². The summed E-state index contributed by atoms with van der Waals surface area (Å²) in [4.78, 5) is 25.7. The van der Waals surface area contributed by atoms with Gasteiger partial charge in [0.25, 0.3) is 15.9 Å². The number of aryl methyl sites for hydroxylation is 2. The van der Waals surface area contributed by atoms with Gasteiger partial charge in [0.05, 0.1) is 16.1 Å². The monoisotopic (exact) mass is 481 g/mol. The number of halogens is 1. The van der Waals surface area contributed by atoms with Gasteiger partial charge in [-0.25, -0.2) is 8.42 Å². The van der Waals surface area contributed by atoms with Crippen LogP contribution in [0.25, 0.3) is 11.0 Å². The Labute approximate surface area is 196 Å². The number of amides is 1. The number of carbonyl (C=O) groups excluding carboxylic acids is 2. The van der Waals surface area contributed by atoms with Crippen LogP contribution in [-0.4, -0.2) is 20.1 Å². The summed E-state index contributed by atoms with van der Waals surface area (Å²) in [7, 11) is -4.29. The van der Waals surface area contributed by atoms with Gasteiger partial charge in [0, 0.05) is 16.0 Å². The van der Waals surface area contributed by atoms with Gasteiger partial charge in [-0.3, -0.25) is 9.59 Å². The summed E-state index contributed by atoms with van der Waals surface area (Å²) in [6.07, 6.45) is 0. The van der Waals surface area contributed by atoms with E-state index in [1.54, 1.807) is 25.1 Å². The third-order valence-corrected chi connectivity index (χ3v) is 7.25. The summed E-state index contributed by atoms with van der Waals surface area (Å²) in [5.41, 5.74) is 1.88. The molecule has 0 aliphatic heterocycles. The molecule has 0 saturated heterocycles. The fraction of sp³-hybridized carbons (Fsp3) is 0.120. The number of fused-ring (bicyclic) bond motifs is 1. The van der Waals surface area contributed by atoms with Gasteiger partial charge in [0.1, 0.15) is 11.3 Å². The summed E-state index contributed by atoms with van der Waals surface area (Å²) >= 11 is 5.94. The Kier molecular flexibility index (Phi) is 5.86. The van der Waals surface area contributed by atoms with Crippen molar-refractivity contribution in [2.45, 2.75) is 25.7 Å². The van der Waals surface area contributed by atoms with E-state index in [-0.39, 0.29) is 21.9 Å². The average Bonchev–Trinajstić information content (AvgIpc) is 3.09. The number of benzene rings is 3. The molecule has 8 heteroatoms. The van der Waals surface area contributed by atoms with Crippen LogP contribution in [0.4, 0.5) is 5.69 Å². The highest BCUT2D eigenvalue weighted by atomic mass is 35.5. The van der Waals surface area contributed by atoms with Crippen molar-refractivity contribution in [1.29, 1.82) is 0 Å². The highest BCUT2D eigenvalue weighted by Crippen LogP contribution is 2.33. The SMILES string of the molecule is CC(=O)c1c(C)oc2ccc(N(C(=O)c3ccc(Cl)cc3)S(=O)(=O)c3ccc(C)cc3)cc12. The Hall–Kier alpha value is -3.42. The van der Waals surface area contributed by atoms with Crippen molar-refractivity contribution in [1.82, 2.24) is 0 Å². The molecule has 6 nitrogen and oxygen atoms in total. The number of Topliss-reactive ketones (excluding diaryl/α,β-unsaturated/α-hetero) is 1. The second kappa shape index (κ2) is 8.50. The predicted octanol–water partition coefficient (Wildman–Crippen LogP) is 5.94. The Morgan fingerprint density at radius 1 is 0.909 bits per heavy atom. The summed E-state index contributed by atoms with van der Waals surface area (Å²) in [6, 6.07) is 16.7. The molecule has 0 fully saturated rings. The summed E-state index contributed by atoms with van der Waals surface area (Å²) in [5.74, 6) is -0.553. The molecule has 0 radical (unpaired) electrons. The molecular weight excluding hydrogens is 462 g/mol. The van der Waals surface area contributed by atoms with Gasteiger partial charge in [-0.05, 0) is 75.4 Å². The van der Waals surface area contributed by atoms with Gasteiger partial charge in [-0.1, -0.05) is 29.3 Å². The maximum Gasteiger partial charge on any atom is 0.272 e. The van der Waals surface area contributed by atoms with E-state index in [1.807, 2.05) is 6.92 Å². The second-order valence-corrected chi connectivity index (χ2v) is 9.89. The number of ketones is 1. The van der Waals surface area contributed by atoms with Crippen LogP contribution in [0.1, 0.15) is 39.0 Å². The molecule has 1 aromatic heterocycles. The number of sulfonamides is 1. The molecule has 168 valence electrons. The zero-order valence-electron chi connectivity index (χ0n) is 18.1. The van der Waals surface area contributed by atoms with Crippen molar-refractivity contribution in [2.24, 2.45) is 0 Å². The van der Waals surface area contributed by atoms with Crippen molar-refractivity contribution >= 4 is 50.0 Å². The normalized spacial score (nSPS) is 11.5. The lowest BCUT2D eigenvalue weighted by Crippen LogP contribution is -2.37. The maximum atomic E-state index is 13.7. The van der Waals surface area contributed by atoms with E-state index in [0.29, 0.717) is 27.3 Å². The topological polar surface area (TPSA) is 84.7 Å². The first-order chi connectivity index (χ1) is 15.6. The van der Waals surface area contributed by atoms with Crippen molar-refractivity contribution in [3.63, 3.8) is 0 Å². The van der Waals surface area contributed by atoms with Crippen LogP contribution in [0.15, 0.2) is 76.0 Å². The minimum absolute atomic E-state index is 0.0364. The van der Waals surface area contributed by atoms with Crippen molar-refractivity contribution < 1.29 is 22.4 Å². The van der Waals surface area contributed by atoms with E-state index >= 15 is 0 Å². The van der Waals surface area contributed by atoms with Gasteiger partial charge in [-0.2, -0.15) is 4.31 Å². The molecule has 0 aliphatic rings. The predicted molar refractivity (Wildman–Crippen MR) is 128 cm³/mol. The molecule has 3 aromatic carbocycles. The highest BCUT2D eigenvalue weighted by molar-refractivity contribution is 7.93. The zero-order valence-corrected chi connectivity index (χ0v) is 19.7. The standard InChI is InChI=1S/C25H20ClNO5S/c1-15-4-11-21(12-5-15)33(30,31)27(25(29)18-6-8-19(26)9-7-18)20-10-13-23-22(14-20)24(16(2)28)17(3)32-23/h4-14H,1-3H3. The van der Waals surface area contributed by atoms with Gasteiger partial charge < -0.3 is 4.42 Å². The molecule has 1 amide bonds. The number of hydrogen-bond acceptors (Lipinski definition) is 5. The molecule has 0 N–H and O–H groups in total. The van der Waals surface area contributed by atoms with Gasteiger partial charge in [0.15, 0.2) is 5.78 Å². The minimum Gasteiger partial charge on any atom is -0.461 e. The summed E-state index contributed by atoms with van der Waals surface area (Å²) in [5, 5.41) is 0.853. The van der Waals surface area contributed by atoms with E-state index < -0.39 is 15.9 Å². The molecule has 0 atom stereocenters. The lowest BCUT2D eigenvalue weighted by molar-refractivity contribution is 0.1000.